The maximum Gasteiger partial charge on any atom is 0.246 e. The summed E-state index contributed by atoms with van der Waals surface area (Å²) in [4.78, 5) is 12.9. The number of nitrogens with two attached hydrogens (primary N) is 1. The van der Waals surface area contributed by atoms with Crippen molar-refractivity contribution in [2.75, 3.05) is 13.1 Å². The first kappa shape index (κ1) is 9.26. The van der Waals surface area contributed by atoms with Crippen LogP contribution in [0.4, 0.5) is 0 Å². The molecule has 1 amide bonds. The Kier molecular flexibility index (Phi) is 2.87. The molecular weight excluding hydrogens is 152 g/mol. The summed E-state index contributed by atoms with van der Waals surface area (Å²) in [6.07, 6.45) is 2.35. The third kappa shape index (κ3) is 1.85. The lowest BCUT2D eigenvalue weighted by atomic mass is 9.94. The van der Waals surface area contributed by atoms with Gasteiger partial charge in [0.25, 0.3) is 0 Å². The molecule has 0 aliphatic carbocycles. The van der Waals surface area contributed by atoms with Crippen LogP contribution in [0.1, 0.15) is 13.3 Å². The molecule has 0 radical (unpaired) electrons. The van der Waals surface area contributed by atoms with Crippen LogP contribution in [-0.4, -0.2) is 29.9 Å². The Morgan fingerprint density at radius 3 is 2.92 bits per heavy atom. The van der Waals surface area contributed by atoms with E-state index < -0.39 is 0 Å². The highest BCUT2D eigenvalue weighted by Gasteiger charge is 2.24. The van der Waals surface area contributed by atoms with Crippen molar-refractivity contribution in [3.05, 3.63) is 12.7 Å². The quantitative estimate of drug-likeness (QED) is 0.575. The summed E-state index contributed by atoms with van der Waals surface area (Å²) in [6, 6.07) is 0.127. The first-order chi connectivity index (χ1) is 5.65. The Hall–Kier alpha value is -0.830. The van der Waals surface area contributed by atoms with E-state index in [0.717, 1.165) is 13.0 Å². The van der Waals surface area contributed by atoms with Crippen molar-refractivity contribution in [3.8, 4) is 0 Å². The van der Waals surface area contributed by atoms with Crippen molar-refractivity contribution in [2.45, 2.75) is 19.4 Å². The van der Waals surface area contributed by atoms with Gasteiger partial charge in [-0.3, -0.25) is 4.79 Å². The highest BCUT2D eigenvalue weighted by Crippen LogP contribution is 2.15. The number of carbonyl (C=O) groups excluding carboxylic acids is 1. The lowest BCUT2D eigenvalue weighted by Crippen LogP contribution is -2.49. The number of nitrogens with zero attached hydrogens (tertiary/aromatic N) is 1. The summed E-state index contributed by atoms with van der Waals surface area (Å²) >= 11 is 0. The van der Waals surface area contributed by atoms with E-state index in [1.165, 1.54) is 6.08 Å². The van der Waals surface area contributed by atoms with Gasteiger partial charge < -0.3 is 10.6 Å². The molecule has 1 aliphatic heterocycles. The van der Waals surface area contributed by atoms with Crippen LogP contribution in [-0.2, 0) is 4.79 Å². The van der Waals surface area contributed by atoms with Crippen molar-refractivity contribution in [1.29, 1.82) is 0 Å². The van der Waals surface area contributed by atoms with Gasteiger partial charge in [0.2, 0.25) is 5.91 Å². The van der Waals surface area contributed by atoms with E-state index in [1.807, 2.05) is 0 Å². The predicted molar refractivity (Wildman–Crippen MR) is 48.5 cm³/mol. The minimum Gasteiger partial charge on any atom is -0.338 e. The van der Waals surface area contributed by atoms with Gasteiger partial charge in [0.1, 0.15) is 0 Å². The Labute approximate surface area is 73.2 Å². The predicted octanol–water partition coefficient (Wildman–Crippen LogP) is 0.368. The van der Waals surface area contributed by atoms with Gasteiger partial charge in [-0.25, -0.2) is 0 Å². The minimum absolute atomic E-state index is 0.00245. The Morgan fingerprint density at radius 2 is 2.42 bits per heavy atom. The summed E-state index contributed by atoms with van der Waals surface area (Å²) in [5.41, 5.74) is 5.83. The maximum absolute atomic E-state index is 11.2. The molecule has 68 valence electrons. The van der Waals surface area contributed by atoms with Crippen LogP contribution < -0.4 is 5.73 Å². The largest absolute Gasteiger partial charge is 0.338 e. The summed E-state index contributed by atoms with van der Waals surface area (Å²) in [6.45, 7) is 7.07. The van der Waals surface area contributed by atoms with E-state index in [-0.39, 0.29) is 11.9 Å². The van der Waals surface area contributed by atoms with Gasteiger partial charge in [-0.2, -0.15) is 0 Å². The normalized spacial score (nSPS) is 30.0. The molecule has 0 aromatic rings. The van der Waals surface area contributed by atoms with Gasteiger partial charge in [-0.15, -0.1) is 0 Å². The van der Waals surface area contributed by atoms with Crippen LogP contribution in [0.2, 0.25) is 0 Å². The zero-order valence-corrected chi connectivity index (χ0v) is 7.49. The molecule has 0 bridgehead atoms. The molecule has 1 heterocycles. The highest BCUT2D eigenvalue weighted by molar-refractivity contribution is 5.87. The van der Waals surface area contributed by atoms with Crippen molar-refractivity contribution < 1.29 is 4.79 Å². The summed E-state index contributed by atoms with van der Waals surface area (Å²) in [7, 11) is 0. The molecule has 0 saturated carbocycles. The first-order valence-electron chi connectivity index (χ1n) is 4.32. The van der Waals surface area contributed by atoms with Gasteiger partial charge in [0, 0.05) is 19.1 Å². The third-order valence-corrected chi connectivity index (χ3v) is 2.50. The molecule has 0 aromatic carbocycles. The average Bonchev–Trinajstić information content (AvgIpc) is 2.08. The van der Waals surface area contributed by atoms with E-state index in [0.29, 0.717) is 12.5 Å². The molecule has 0 aromatic heterocycles. The highest BCUT2D eigenvalue weighted by atomic mass is 16.2. The second kappa shape index (κ2) is 3.72. The lowest BCUT2D eigenvalue weighted by molar-refractivity contribution is -0.127. The van der Waals surface area contributed by atoms with Crippen LogP contribution in [0, 0.1) is 5.92 Å². The third-order valence-electron chi connectivity index (χ3n) is 2.50. The smallest absolute Gasteiger partial charge is 0.246 e. The lowest BCUT2D eigenvalue weighted by Gasteiger charge is -2.34. The van der Waals surface area contributed by atoms with Crippen molar-refractivity contribution in [1.82, 2.24) is 4.90 Å². The second-order valence-electron chi connectivity index (χ2n) is 3.42. The van der Waals surface area contributed by atoms with Gasteiger partial charge in [-0.1, -0.05) is 13.5 Å². The first-order valence-corrected chi connectivity index (χ1v) is 4.32. The number of hydrogen-bond acceptors (Lipinski definition) is 2. The maximum atomic E-state index is 11.2. The monoisotopic (exact) mass is 168 g/mol. The molecule has 2 N–H and O–H groups in total. The van der Waals surface area contributed by atoms with E-state index in [1.54, 1.807) is 4.90 Å². The van der Waals surface area contributed by atoms with Crippen LogP contribution in [0.15, 0.2) is 12.7 Å². The summed E-state index contributed by atoms with van der Waals surface area (Å²) < 4.78 is 0. The number of likely N-dealkylation sites (tertiary alicyclic amines) is 1. The number of hydrogen-bond donors (Lipinski definition) is 1. The fourth-order valence-electron chi connectivity index (χ4n) is 1.43. The second-order valence-corrected chi connectivity index (χ2v) is 3.42. The topological polar surface area (TPSA) is 46.3 Å². The number of carbonyl (C=O) groups is 1. The average molecular weight is 168 g/mol. The fourth-order valence-corrected chi connectivity index (χ4v) is 1.43. The van der Waals surface area contributed by atoms with Crippen molar-refractivity contribution >= 4 is 5.91 Å². The van der Waals surface area contributed by atoms with Gasteiger partial charge in [0.15, 0.2) is 0 Å². The minimum atomic E-state index is -0.00245. The number of piperidine rings is 1. The van der Waals surface area contributed by atoms with Crippen LogP contribution >= 0.6 is 0 Å². The molecule has 1 aliphatic rings. The van der Waals surface area contributed by atoms with Crippen LogP contribution in [0.25, 0.3) is 0 Å². The number of amides is 1. The van der Waals surface area contributed by atoms with E-state index in [2.05, 4.69) is 13.5 Å². The molecule has 2 atom stereocenters. The summed E-state index contributed by atoms with van der Waals surface area (Å²) in [5, 5.41) is 0. The van der Waals surface area contributed by atoms with E-state index in [9.17, 15) is 4.79 Å². The molecule has 1 rings (SSSR count). The number of rotatable bonds is 1. The van der Waals surface area contributed by atoms with Crippen molar-refractivity contribution in [3.63, 3.8) is 0 Å². The Morgan fingerprint density at radius 1 is 1.75 bits per heavy atom. The van der Waals surface area contributed by atoms with E-state index >= 15 is 0 Å². The standard InChI is InChI=1S/C9H16N2O/c1-3-9(12)11-5-4-7(2)8(10)6-11/h3,7-8H,1,4-6,10H2,2H3. The SMILES string of the molecule is C=CC(=O)N1CCC(C)C(N)C1. The van der Waals surface area contributed by atoms with Gasteiger partial charge in [0.05, 0.1) is 0 Å². The molecular formula is C9H16N2O. The molecule has 1 fully saturated rings. The van der Waals surface area contributed by atoms with E-state index in [4.69, 9.17) is 5.73 Å². The fraction of sp³-hybridized carbons (Fsp3) is 0.667. The molecule has 3 nitrogen and oxygen atoms in total. The van der Waals surface area contributed by atoms with Gasteiger partial charge in [-0.05, 0) is 18.4 Å². The van der Waals surface area contributed by atoms with Gasteiger partial charge >= 0.3 is 0 Å². The summed E-state index contributed by atoms with van der Waals surface area (Å²) in [5.74, 6) is 0.524. The van der Waals surface area contributed by atoms with Crippen LogP contribution in [0.3, 0.4) is 0 Å². The Bertz CT molecular complexity index is 191. The van der Waals surface area contributed by atoms with Crippen LogP contribution in [0.5, 0.6) is 0 Å². The zero-order chi connectivity index (χ0) is 9.14. The molecule has 0 spiro atoms. The molecule has 12 heavy (non-hydrogen) atoms. The molecule has 1 saturated heterocycles. The molecule has 3 heteroatoms. The molecule has 2 unspecified atom stereocenters. The van der Waals surface area contributed by atoms with Crippen molar-refractivity contribution in [2.24, 2.45) is 11.7 Å². The Balaban J connectivity index is 2.50. The zero-order valence-electron chi connectivity index (χ0n) is 7.49.